The van der Waals surface area contributed by atoms with E-state index in [9.17, 15) is 27.9 Å². The molecule has 11 heteroatoms. The van der Waals surface area contributed by atoms with Gasteiger partial charge in [0.25, 0.3) is 5.91 Å². The average molecular weight is 517 g/mol. The number of nitrogens with one attached hydrogen (secondary N) is 1. The third-order valence-corrected chi connectivity index (χ3v) is 7.21. The minimum absolute atomic E-state index is 0.0953. The molecule has 0 saturated carbocycles. The number of aromatic nitrogens is 2. The first-order valence-electron chi connectivity index (χ1n) is 11.6. The summed E-state index contributed by atoms with van der Waals surface area (Å²) in [6, 6.07) is 11.4. The highest BCUT2D eigenvalue weighted by molar-refractivity contribution is 7.71. The van der Waals surface area contributed by atoms with Gasteiger partial charge in [-0.1, -0.05) is 24.3 Å². The number of hydrogen-bond donors (Lipinski definition) is 2. The number of amides is 1. The number of rotatable bonds is 4. The molecule has 188 valence electrons. The second-order valence-electron chi connectivity index (χ2n) is 9.16. The van der Waals surface area contributed by atoms with Crippen molar-refractivity contribution < 1.29 is 27.9 Å². The van der Waals surface area contributed by atoms with Crippen LogP contribution in [0.1, 0.15) is 41.6 Å². The highest BCUT2D eigenvalue weighted by Gasteiger charge is 2.38. The van der Waals surface area contributed by atoms with Gasteiger partial charge in [-0.2, -0.15) is 13.2 Å². The fourth-order valence-electron chi connectivity index (χ4n) is 4.89. The molecule has 1 fully saturated rings. The molecule has 5 rings (SSSR count). The van der Waals surface area contributed by atoms with Crippen LogP contribution in [-0.4, -0.2) is 50.5 Å². The zero-order valence-electron chi connectivity index (χ0n) is 19.1. The lowest BCUT2D eigenvalue weighted by molar-refractivity contribution is -0.137. The zero-order valence-corrected chi connectivity index (χ0v) is 19.9. The van der Waals surface area contributed by atoms with Crippen LogP contribution in [-0.2, 0) is 16.6 Å². The number of halogens is 3. The van der Waals surface area contributed by atoms with E-state index in [2.05, 4.69) is 10.3 Å². The van der Waals surface area contributed by atoms with Crippen molar-refractivity contribution in [1.29, 1.82) is 0 Å². The van der Waals surface area contributed by atoms with Crippen LogP contribution in [0, 0.1) is 4.77 Å². The molecule has 7 nitrogen and oxygen atoms in total. The number of alkyl halides is 3. The Balaban J connectivity index is 1.21. The van der Waals surface area contributed by atoms with E-state index in [4.69, 9.17) is 12.2 Å². The summed E-state index contributed by atoms with van der Waals surface area (Å²) in [5, 5.41) is 14.9. The van der Waals surface area contributed by atoms with Crippen LogP contribution < -0.4 is 5.32 Å². The smallest absolute Gasteiger partial charge is 0.385 e. The van der Waals surface area contributed by atoms with Gasteiger partial charge in [0.05, 0.1) is 16.7 Å². The van der Waals surface area contributed by atoms with Crippen LogP contribution in [0.5, 0.6) is 0 Å². The summed E-state index contributed by atoms with van der Waals surface area (Å²) in [5.41, 5.74) is -1.38. The third-order valence-electron chi connectivity index (χ3n) is 6.94. The Hall–Kier alpha value is -3.31. The van der Waals surface area contributed by atoms with Crippen LogP contribution in [0.15, 0.2) is 48.5 Å². The molecule has 0 spiro atoms. The molecule has 2 aliphatic heterocycles. The van der Waals surface area contributed by atoms with E-state index in [1.165, 1.54) is 16.7 Å². The molecule has 1 unspecified atom stereocenters. The maximum atomic E-state index is 13.1. The average Bonchev–Trinajstić information content (AvgIpc) is 3.19. The first kappa shape index (κ1) is 24.4. The monoisotopic (exact) mass is 516 g/mol. The third kappa shape index (κ3) is 4.37. The molecule has 0 aliphatic carbocycles. The van der Waals surface area contributed by atoms with Gasteiger partial charge in [0.2, 0.25) is 10.7 Å². The van der Waals surface area contributed by atoms with Gasteiger partial charge in [-0.25, -0.2) is 9.55 Å². The molecule has 36 heavy (non-hydrogen) atoms. The van der Waals surface area contributed by atoms with E-state index in [0.29, 0.717) is 11.3 Å². The fraction of sp³-hybridized carbons (Fsp3) is 0.360. The lowest BCUT2D eigenvalue weighted by Gasteiger charge is -2.39. The Labute approximate surface area is 209 Å². The predicted octanol–water partition coefficient (Wildman–Crippen LogP) is 4.51. The molecule has 0 radical (unpaired) electrons. The Morgan fingerprint density at radius 3 is 2.61 bits per heavy atom. The zero-order chi connectivity index (χ0) is 25.7. The SMILES string of the molecule is O=C(CCC1Nc2c3ccccc3nc(=S)n2C1=O)N1CCC(O)(c2cccc(C(F)(F)F)c2)CC1. The summed E-state index contributed by atoms with van der Waals surface area (Å²) < 4.78 is 40.8. The van der Waals surface area contributed by atoms with Crippen LogP contribution in [0.4, 0.5) is 19.0 Å². The molecule has 1 saturated heterocycles. The van der Waals surface area contributed by atoms with E-state index in [1.54, 1.807) is 4.90 Å². The van der Waals surface area contributed by atoms with Gasteiger partial charge in [0, 0.05) is 24.9 Å². The van der Waals surface area contributed by atoms with E-state index >= 15 is 0 Å². The van der Waals surface area contributed by atoms with Gasteiger partial charge in [-0.15, -0.1) is 0 Å². The van der Waals surface area contributed by atoms with Crippen molar-refractivity contribution in [3.63, 3.8) is 0 Å². The van der Waals surface area contributed by atoms with Crippen LogP contribution >= 0.6 is 12.2 Å². The minimum Gasteiger partial charge on any atom is -0.385 e. The molecular formula is C25H23F3N4O3S. The van der Waals surface area contributed by atoms with Crippen molar-refractivity contribution in [3.8, 4) is 0 Å². The Morgan fingerprint density at radius 2 is 1.89 bits per heavy atom. The normalized spacial score (nSPS) is 19.3. The lowest BCUT2D eigenvalue weighted by atomic mass is 9.83. The Kier molecular flexibility index (Phi) is 6.08. The molecule has 2 aromatic carbocycles. The molecule has 2 aliphatic rings. The number of likely N-dealkylation sites (tertiary alicyclic amines) is 1. The molecule has 1 aromatic heterocycles. The number of piperidine rings is 1. The number of hydrogen-bond acceptors (Lipinski definition) is 6. The summed E-state index contributed by atoms with van der Waals surface area (Å²) >= 11 is 5.29. The summed E-state index contributed by atoms with van der Waals surface area (Å²) in [6.07, 6.45) is -3.91. The first-order chi connectivity index (χ1) is 17.1. The molecule has 1 atom stereocenters. The standard InChI is InChI=1S/C25H23F3N4O3S/c26-25(27,28)16-5-3-4-15(14-16)24(35)10-12-31(13-11-24)20(33)9-8-19-22(34)32-21(29-19)17-6-1-2-7-18(17)30-23(32)36/h1-7,14,19,29,35H,8-13H2. The number of para-hydroxylation sites is 1. The van der Waals surface area contributed by atoms with Crippen molar-refractivity contribution in [3.05, 3.63) is 64.4 Å². The summed E-state index contributed by atoms with van der Waals surface area (Å²) in [6.45, 7) is 0.412. The number of anilines is 1. The number of carbonyl (C=O) groups excluding carboxylic acids is 2. The predicted molar refractivity (Wildman–Crippen MR) is 129 cm³/mol. The quantitative estimate of drug-likeness (QED) is 0.497. The number of nitrogens with zero attached hydrogens (tertiary/aromatic N) is 3. The van der Waals surface area contributed by atoms with Crippen molar-refractivity contribution in [2.45, 2.75) is 43.5 Å². The molecule has 0 bridgehead atoms. The van der Waals surface area contributed by atoms with E-state index in [0.717, 1.165) is 17.5 Å². The summed E-state index contributed by atoms with van der Waals surface area (Å²) in [5.74, 6) is 0.119. The van der Waals surface area contributed by atoms with Crippen molar-refractivity contribution in [1.82, 2.24) is 14.5 Å². The topological polar surface area (TPSA) is 87.5 Å². The van der Waals surface area contributed by atoms with Gasteiger partial charge >= 0.3 is 6.18 Å². The molecule has 3 heterocycles. The lowest BCUT2D eigenvalue weighted by Crippen LogP contribution is -2.45. The van der Waals surface area contributed by atoms with Crippen LogP contribution in [0.2, 0.25) is 0 Å². The van der Waals surface area contributed by atoms with Crippen LogP contribution in [0.3, 0.4) is 0 Å². The summed E-state index contributed by atoms with van der Waals surface area (Å²) in [7, 11) is 0. The van der Waals surface area contributed by atoms with Gasteiger partial charge in [-0.3, -0.25) is 9.59 Å². The van der Waals surface area contributed by atoms with E-state index in [1.807, 2.05) is 24.3 Å². The fourth-order valence-corrected chi connectivity index (χ4v) is 5.17. The highest BCUT2D eigenvalue weighted by Crippen LogP contribution is 2.37. The van der Waals surface area contributed by atoms with Crippen molar-refractivity contribution in [2.75, 3.05) is 18.4 Å². The van der Waals surface area contributed by atoms with Crippen LogP contribution in [0.25, 0.3) is 10.9 Å². The highest BCUT2D eigenvalue weighted by atomic mass is 32.1. The molecule has 1 amide bonds. The molecule has 2 N–H and O–H groups in total. The summed E-state index contributed by atoms with van der Waals surface area (Å²) in [4.78, 5) is 31.7. The number of benzene rings is 2. The van der Waals surface area contributed by atoms with Gasteiger partial charge in [-0.05, 0) is 61.3 Å². The number of carbonyl (C=O) groups is 2. The Bertz CT molecular complexity index is 1410. The Morgan fingerprint density at radius 1 is 1.17 bits per heavy atom. The van der Waals surface area contributed by atoms with E-state index < -0.39 is 23.4 Å². The van der Waals surface area contributed by atoms with Crippen molar-refractivity contribution in [2.24, 2.45) is 0 Å². The molecule has 3 aromatic rings. The minimum atomic E-state index is -4.50. The number of aliphatic hydroxyl groups is 1. The van der Waals surface area contributed by atoms with E-state index in [-0.39, 0.29) is 60.9 Å². The maximum absolute atomic E-state index is 13.1. The number of fused-ring (bicyclic) bond motifs is 3. The molecular weight excluding hydrogens is 493 g/mol. The second-order valence-corrected chi connectivity index (χ2v) is 9.53. The van der Waals surface area contributed by atoms with Gasteiger partial charge in [0.15, 0.2) is 0 Å². The van der Waals surface area contributed by atoms with Gasteiger partial charge < -0.3 is 15.3 Å². The second kappa shape index (κ2) is 8.97. The first-order valence-corrected chi connectivity index (χ1v) is 12.0. The largest absolute Gasteiger partial charge is 0.416 e. The van der Waals surface area contributed by atoms with Crippen molar-refractivity contribution >= 4 is 40.8 Å². The van der Waals surface area contributed by atoms with Gasteiger partial charge in [0.1, 0.15) is 11.9 Å². The maximum Gasteiger partial charge on any atom is 0.416 e.